The summed E-state index contributed by atoms with van der Waals surface area (Å²) in [4.78, 5) is 14.2. The summed E-state index contributed by atoms with van der Waals surface area (Å²) in [6, 6.07) is 9.12. The molecule has 0 aliphatic carbocycles. The molecule has 2 aromatic rings. The standard InChI is InChI=1S/C19H22N2O6S3/c22-19(17-7-4-12-27-17)20-8-10-21(11-9-20)30(25,26)18-13-16(14-28-18)29(23,24)15-5-2-1-3-6-15/h1-3,5-6,13-14,17H,4,7-12H2/t17-/m1/s1. The van der Waals surface area contributed by atoms with Crippen LogP contribution in [0, 0.1) is 0 Å². The number of rotatable bonds is 5. The van der Waals surface area contributed by atoms with Crippen LogP contribution in [-0.4, -0.2) is 70.8 Å². The van der Waals surface area contributed by atoms with Crippen molar-refractivity contribution in [1.29, 1.82) is 0 Å². The fraction of sp³-hybridized carbons (Fsp3) is 0.421. The third-order valence-corrected chi connectivity index (χ3v) is 10.5. The number of sulfonamides is 1. The van der Waals surface area contributed by atoms with Gasteiger partial charge in [-0.05, 0) is 31.0 Å². The number of sulfone groups is 1. The molecule has 0 saturated carbocycles. The van der Waals surface area contributed by atoms with E-state index in [-0.39, 0.29) is 33.0 Å². The van der Waals surface area contributed by atoms with Crippen molar-refractivity contribution in [2.45, 2.75) is 32.9 Å². The van der Waals surface area contributed by atoms with E-state index in [1.807, 2.05) is 0 Å². The highest BCUT2D eigenvalue weighted by atomic mass is 32.2. The average molecular weight is 471 g/mol. The second-order valence-corrected chi connectivity index (χ2v) is 12.2. The van der Waals surface area contributed by atoms with Crippen LogP contribution in [0.1, 0.15) is 12.8 Å². The summed E-state index contributed by atoms with van der Waals surface area (Å²) in [6.07, 6.45) is 1.14. The maximum Gasteiger partial charge on any atom is 0.252 e. The Morgan fingerprint density at radius 1 is 1.00 bits per heavy atom. The third-order valence-electron chi connectivity index (χ3n) is 5.26. The number of nitrogens with zero attached hydrogens (tertiary/aromatic N) is 2. The van der Waals surface area contributed by atoms with E-state index in [9.17, 15) is 21.6 Å². The number of thiophene rings is 1. The van der Waals surface area contributed by atoms with Crippen LogP contribution in [0.25, 0.3) is 0 Å². The maximum atomic E-state index is 13.0. The molecule has 0 N–H and O–H groups in total. The lowest BCUT2D eigenvalue weighted by atomic mass is 10.2. The minimum absolute atomic E-state index is 0.0177. The van der Waals surface area contributed by atoms with Gasteiger partial charge in [0.2, 0.25) is 9.84 Å². The largest absolute Gasteiger partial charge is 0.368 e. The second-order valence-electron chi connectivity index (χ2n) is 7.15. The molecule has 1 aromatic heterocycles. The number of hydrogen-bond acceptors (Lipinski definition) is 7. The first kappa shape index (κ1) is 21.4. The topological polar surface area (TPSA) is 101 Å². The number of piperazine rings is 1. The molecule has 2 aliphatic rings. The Labute approximate surface area is 180 Å². The van der Waals surface area contributed by atoms with Crippen LogP contribution in [0.4, 0.5) is 0 Å². The third kappa shape index (κ3) is 4.04. The zero-order chi connectivity index (χ0) is 21.4. The fourth-order valence-corrected chi connectivity index (χ4v) is 8.04. The molecule has 2 aliphatic heterocycles. The zero-order valence-corrected chi connectivity index (χ0v) is 18.6. The molecular formula is C19H22N2O6S3. The van der Waals surface area contributed by atoms with E-state index >= 15 is 0 Å². The number of carbonyl (C=O) groups is 1. The van der Waals surface area contributed by atoms with Crippen molar-refractivity contribution >= 4 is 37.1 Å². The zero-order valence-electron chi connectivity index (χ0n) is 16.1. The van der Waals surface area contributed by atoms with Crippen molar-refractivity contribution < 1.29 is 26.4 Å². The Morgan fingerprint density at radius 2 is 1.70 bits per heavy atom. The summed E-state index contributed by atoms with van der Waals surface area (Å²) in [5.41, 5.74) is 0. The molecule has 30 heavy (non-hydrogen) atoms. The van der Waals surface area contributed by atoms with Crippen LogP contribution >= 0.6 is 11.3 Å². The van der Waals surface area contributed by atoms with Gasteiger partial charge < -0.3 is 9.64 Å². The van der Waals surface area contributed by atoms with Gasteiger partial charge in [-0.3, -0.25) is 4.79 Å². The number of amides is 1. The van der Waals surface area contributed by atoms with Crippen molar-refractivity contribution in [2.24, 2.45) is 0 Å². The van der Waals surface area contributed by atoms with Crippen molar-refractivity contribution in [2.75, 3.05) is 32.8 Å². The van der Waals surface area contributed by atoms with Crippen molar-refractivity contribution in [1.82, 2.24) is 9.21 Å². The molecule has 1 amide bonds. The molecular weight excluding hydrogens is 448 g/mol. The van der Waals surface area contributed by atoms with Gasteiger partial charge in [0.1, 0.15) is 10.3 Å². The van der Waals surface area contributed by atoms with E-state index < -0.39 is 26.0 Å². The highest BCUT2D eigenvalue weighted by Gasteiger charge is 2.35. The molecule has 11 heteroatoms. The molecule has 2 fully saturated rings. The Kier molecular flexibility index (Phi) is 5.99. The van der Waals surface area contributed by atoms with Crippen molar-refractivity contribution in [3.05, 3.63) is 41.8 Å². The molecule has 3 heterocycles. The van der Waals surface area contributed by atoms with E-state index in [0.717, 1.165) is 17.8 Å². The highest BCUT2D eigenvalue weighted by Crippen LogP contribution is 2.30. The molecule has 162 valence electrons. The van der Waals surface area contributed by atoms with Gasteiger partial charge in [0.25, 0.3) is 15.9 Å². The lowest BCUT2D eigenvalue weighted by Crippen LogP contribution is -2.52. The molecule has 0 bridgehead atoms. The molecule has 1 atom stereocenters. The fourth-order valence-electron chi connectivity index (χ4n) is 3.56. The van der Waals surface area contributed by atoms with Crippen LogP contribution in [0.5, 0.6) is 0 Å². The van der Waals surface area contributed by atoms with E-state index in [1.54, 1.807) is 23.1 Å². The highest BCUT2D eigenvalue weighted by molar-refractivity contribution is 7.92. The van der Waals surface area contributed by atoms with E-state index in [4.69, 9.17) is 4.74 Å². The number of benzene rings is 1. The van der Waals surface area contributed by atoms with Gasteiger partial charge in [-0.1, -0.05) is 18.2 Å². The first-order chi connectivity index (χ1) is 14.3. The summed E-state index contributed by atoms with van der Waals surface area (Å²) in [5, 5.41) is 1.35. The van der Waals surface area contributed by atoms with Gasteiger partial charge in [-0.2, -0.15) is 4.31 Å². The first-order valence-electron chi connectivity index (χ1n) is 9.59. The molecule has 8 nitrogen and oxygen atoms in total. The van der Waals surface area contributed by atoms with Gasteiger partial charge in [0.05, 0.1) is 9.79 Å². The number of ether oxygens (including phenoxy) is 1. The Bertz CT molecular complexity index is 1110. The Morgan fingerprint density at radius 3 is 2.33 bits per heavy atom. The van der Waals surface area contributed by atoms with Gasteiger partial charge in [-0.15, -0.1) is 11.3 Å². The normalized spacial score (nSPS) is 21.1. The minimum Gasteiger partial charge on any atom is -0.368 e. The first-order valence-corrected chi connectivity index (χ1v) is 13.4. The minimum atomic E-state index is -3.83. The van der Waals surface area contributed by atoms with Gasteiger partial charge in [-0.25, -0.2) is 16.8 Å². The predicted molar refractivity (Wildman–Crippen MR) is 111 cm³/mol. The lowest BCUT2D eigenvalue weighted by Gasteiger charge is -2.34. The van der Waals surface area contributed by atoms with Crippen molar-refractivity contribution in [3.63, 3.8) is 0 Å². The lowest BCUT2D eigenvalue weighted by molar-refractivity contribution is -0.142. The van der Waals surface area contributed by atoms with Crippen LogP contribution in [0.15, 0.2) is 55.8 Å². The molecule has 2 saturated heterocycles. The predicted octanol–water partition coefficient (Wildman–Crippen LogP) is 1.59. The summed E-state index contributed by atoms with van der Waals surface area (Å²) in [6.45, 7) is 1.49. The van der Waals surface area contributed by atoms with Gasteiger partial charge in [0.15, 0.2) is 0 Å². The maximum absolute atomic E-state index is 13.0. The van der Waals surface area contributed by atoms with Gasteiger partial charge >= 0.3 is 0 Å². The summed E-state index contributed by atoms with van der Waals surface area (Å²) < 4.78 is 58.2. The number of carbonyl (C=O) groups excluding carboxylic acids is 1. The molecule has 0 unspecified atom stereocenters. The van der Waals surface area contributed by atoms with Crippen LogP contribution in [0.2, 0.25) is 0 Å². The number of hydrogen-bond donors (Lipinski definition) is 0. The Hall–Kier alpha value is -1.79. The summed E-state index contributed by atoms with van der Waals surface area (Å²) in [5.74, 6) is -0.0862. The molecule has 1 aromatic carbocycles. The summed E-state index contributed by atoms with van der Waals surface area (Å²) in [7, 11) is -7.61. The summed E-state index contributed by atoms with van der Waals surface area (Å²) >= 11 is 0.890. The molecule has 0 radical (unpaired) electrons. The van der Waals surface area contributed by atoms with E-state index in [1.165, 1.54) is 27.9 Å². The second kappa shape index (κ2) is 8.39. The van der Waals surface area contributed by atoms with E-state index in [0.29, 0.717) is 26.1 Å². The average Bonchev–Trinajstić information content (AvgIpc) is 3.47. The molecule has 4 rings (SSSR count). The van der Waals surface area contributed by atoms with Crippen molar-refractivity contribution in [3.8, 4) is 0 Å². The smallest absolute Gasteiger partial charge is 0.252 e. The van der Waals surface area contributed by atoms with Crippen LogP contribution < -0.4 is 0 Å². The van der Waals surface area contributed by atoms with E-state index in [2.05, 4.69) is 0 Å². The SMILES string of the molecule is O=C([C@H]1CCCO1)N1CCN(S(=O)(=O)c2cc(S(=O)(=O)c3ccccc3)cs2)CC1. The van der Waals surface area contributed by atoms with Crippen LogP contribution in [0.3, 0.4) is 0 Å². The quantitative estimate of drug-likeness (QED) is 0.658. The van der Waals surface area contributed by atoms with Crippen LogP contribution in [-0.2, 0) is 29.4 Å². The van der Waals surface area contributed by atoms with Gasteiger partial charge in [0, 0.05) is 38.2 Å². The monoisotopic (exact) mass is 470 g/mol. The molecule has 0 spiro atoms. The Balaban J connectivity index is 1.47.